The summed E-state index contributed by atoms with van der Waals surface area (Å²) in [4.78, 5) is 0. The van der Waals surface area contributed by atoms with Crippen molar-refractivity contribution in [2.75, 3.05) is 20.9 Å². The van der Waals surface area contributed by atoms with Gasteiger partial charge >= 0.3 is 0 Å². The summed E-state index contributed by atoms with van der Waals surface area (Å²) < 4.78 is 15.7. The molecule has 0 radical (unpaired) electrons. The van der Waals surface area contributed by atoms with E-state index in [1.54, 1.807) is 14.0 Å². The third kappa shape index (κ3) is 2.87. The largest absolute Gasteiger partial charge is 0.388 e. The highest BCUT2D eigenvalue weighted by atomic mass is 16.7. The summed E-state index contributed by atoms with van der Waals surface area (Å²) in [5.74, 6) is 0. The maximum Gasteiger partial charge on any atom is 0.186 e. The molecule has 0 bridgehead atoms. The van der Waals surface area contributed by atoms with Crippen LogP contribution < -0.4 is 5.32 Å². The van der Waals surface area contributed by atoms with Crippen LogP contribution in [0, 0.1) is 0 Å². The van der Waals surface area contributed by atoms with E-state index in [-0.39, 0.29) is 6.73 Å². The van der Waals surface area contributed by atoms with Gasteiger partial charge in [0.05, 0.1) is 12.8 Å². The molecule has 0 aromatic heterocycles. The van der Waals surface area contributed by atoms with Crippen molar-refractivity contribution >= 4 is 0 Å². The summed E-state index contributed by atoms with van der Waals surface area (Å²) in [5, 5.41) is 22.2. The summed E-state index contributed by atoms with van der Waals surface area (Å²) in [6.45, 7) is 1.93. The van der Waals surface area contributed by atoms with E-state index in [1.165, 1.54) is 7.11 Å². The van der Waals surface area contributed by atoms with Crippen LogP contribution in [0.2, 0.25) is 0 Å². The lowest BCUT2D eigenvalue weighted by Crippen LogP contribution is -2.58. The van der Waals surface area contributed by atoms with Crippen LogP contribution in [0.4, 0.5) is 0 Å². The lowest BCUT2D eigenvalue weighted by atomic mass is 10.00. The number of hydrogen-bond donors (Lipinski definition) is 3. The molecule has 0 amide bonds. The van der Waals surface area contributed by atoms with Crippen LogP contribution >= 0.6 is 0 Å². The second kappa shape index (κ2) is 5.74. The first-order valence-corrected chi connectivity index (χ1v) is 4.92. The monoisotopic (exact) mass is 221 g/mol. The Morgan fingerprint density at radius 2 is 2.00 bits per heavy atom. The van der Waals surface area contributed by atoms with E-state index >= 15 is 0 Å². The molecule has 5 unspecified atom stereocenters. The Morgan fingerprint density at radius 1 is 1.33 bits per heavy atom. The number of hydrogen-bond acceptors (Lipinski definition) is 6. The Hall–Kier alpha value is -0.240. The second-order valence-electron chi connectivity index (χ2n) is 3.56. The van der Waals surface area contributed by atoms with Crippen LogP contribution in [0.5, 0.6) is 0 Å². The van der Waals surface area contributed by atoms with Crippen molar-refractivity contribution < 1.29 is 24.4 Å². The Kier molecular flexibility index (Phi) is 4.91. The normalized spacial score (nSPS) is 41.8. The van der Waals surface area contributed by atoms with Crippen LogP contribution in [0.3, 0.4) is 0 Å². The quantitative estimate of drug-likeness (QED) is 0.510. The first kappa shape index (κ1) is 12.8. The zero-order valence-corrected chi connectivity index (χ0v) is 9.21. The van der Waals surface area contributed by atoms with E-state index < -0.39 is 30.7 Å². The molecule has 0 aromatic rings. The van der Waals surface area contributed by atoms with Gasteiger partial charge in [-0.25, -0.2) is 0 Å². The highest BCUT2D eigenvalue weighted by molar-refractivity contribution is 4.88. The van der Waals surface area contributed by atoms with E-state index in [0.717, 1.165) is 0 Å². The molecule has 90 valence electrons. The SMILES string of the molecule is CNCOC1C(OC)OC(C)C(O)C1O. The molecule has 6 heteroatoms. The van der Waals surface area contributed by atoms with Gasteiger partial charge < -0.3 is 24.4 Å². The molecule has 1 heterocycles. The molecule has 0 spiro atoms. The summed E-state index contributed by atoms with van der Waals surface area (Å²) in [6, 6.07) is 0. The minimum atomic E-state index is -1.01. The zero-order valence-electron chi connectivity index (χ0n) is 9.21. The van der Waals surface area contributed by atoms with Gasteiger partial charge in [-0.05, 0) is 14.0 Å². The van der Waals surface area contributed by atoms with Gasteiger partial charge in [-0.2, -0.15) is 0 Å². The molecule has 5 atom stereocenters. The number of rotatable bonds is 4. The lowest BCUT2D eigenvalue weighted by Gasteiger charge is -2.40. The topological polar surface area (TPSA) is 80.2 Å². The first-order chi connectivity index (χ1) is 7.11. The van der Waals surface area contributed by atoms with Crippen molar-refractivity contribution in [3.8, 4) is 0 Å². The molecule has 6 nitrogen and oxygen atoms in total. The average Bonchev–Trinajstić information content (AvgIpc) is 2.24. The molecule has 15 heavy (non-hydrogen) atoms. The highest BCUT2D eigenvalue weighted by Gasteiger charge is 2.43. The maximum atomic E-state index is 9.77. The van der Waals surface area contributed by atoms with Crippen molar-refractivity contribution in [3.05, 3.63) is 0 Å². The Balaban J connectivity index is 2.62. The van der Waals surface area contributed by atoms with E-state index in [0.29, 0.717) is 0 Å². The number of aliphatic hydroxyl groups is 2. The van der Waals surface area contributed by atoms with Gasteiger partial charge in [-0.15, -0.1) is 0 Å². The fraction of sp³-hybridized carbons (Fsp3) is 1.00. The summed E-state index contributed by atoms with van der Waals surface area (Å²) in [7, 11) is 3.19. The van der Waals surface area contributed by atoms with Crippen molar-refractivity contribution in [1.82, 2.24) is 5.32 Å². The molecule has 1 saturated heterocycles. The lowest BCUT2D eigenvalue weighted by molar-refractivity contribution is -0.296. The van der Waals surface area contributed by atoms with Crippen LogP contribution in [0.15, 0.2) is 0 Å². The van der Waals surface area contributed by atoms with E-state index in [2.05, 4.69) is 5.32 Å². The van der Waals surface area contributed by atoms with Gasteiger partial charge in [0.15, 0.2) is 6.29 Å². The first-order valence-electron chi connectivity index (χ1n) is 4.92. The van der Waals surface area contributed by atoms with E-state index in [1.807, 2.05) is 0 Å². The number of ether oxygens (including phenoxy) is 3. The summed E-state index contributed by atoms with van der Waals surface area (Å²) in [6.07, 6.45) is -3.79. The van der Waals surface area contributed by atoms with Gasteiger partial charge in [0.1, 0.15) is 18.3 Å². The minimum Gasteiger partial charge on any atom is -0.388 e. The fourth-order valence-corrected chi connectivity index (χ4v) is 1.55. The molecule has 0 aliphatic carbocycles. The average molecular weight is 221 g/mol. The Bertz CT molecular complexity index is 189. The predicted molar refractivity (Wildman–Crippen MR) is 52.2 cm³/mol. The molecule has 0 aromatic carbocycles. The van der Waals surface area contributed by atoms with E-state index in [9.17, 15) is 10.2 Å². The van der Waals surface area contributed by atoms with Gasteiger partial charge in [-0.1, -0.05) is 0 Å². The molecular weight excluding hydrogens is 202 g/mol. The van der Waals surface area contributed by atoms with Gasteiger partial charge in [0.25, 0.3) is 0 Å². The third-order valence-electron chi connectivity index (χ3n) is 2.44. The second-order valence-corrected chi connectivity index (χ2v) is 3.56. The van der Waals surface area contributed by atoms with Crippen LogP contribution in [0.1, 0.15) is 6.92 Å². The Labute approximate surface area is 89.1 Å². The van der Waals surface area contributed by atoms with Crippen LogP contribution in [-0.4, -0.2) is 61.8 Å². The van der Waals surface area contributed by atoms with E-state index in [4.69, 9.17) is 14.2 Å². The maximum absolute atomic E-state index is 9.77. The van der Waals surface area contributed by atoms with Gasteiger partial charge in [0.2, 0.25) is 0 Å². The molecule has 3 N–H and O–H groups in total. The minimum absolute atomic E-state index is 0.256. The van der Waals surface area contributed by atoms with Crippen LogP contribution in [-0.2, 0) is 14.2 Å². The van der Waals surface area contributed by atoms with Gasteiger partial charge in [0, 0.05) is 7.11 Å². The summed E-state index contributed by atoms with van der Waals surface area (Å²) >= 11 is 0. The van der Waals surface area contributed by atoms with Crippen molar-refractivity contribution in [3.63, 3.8) is 0 Å². The molecule has 0 saturated carbocycles. The predicted octanol–water partition coefficient (Wildman–Crippen LogP) is -1.34. The van der Waals surface area contributed by atoms with Crippen molar-refractivity contribution in [1.29, 1.82) is 0 Å². The molecule has 1 fully saturated rings. The number of methoxy groups -OCH3 is 1. The highest BCUT2D eigenvalue weighted by Crippen LogP contribution is 2.23. The zero-order chi connectivity index (χ0) is 11.4. The van der Waals surface area contributed by atoms with Gasteiger partial charge in [-0.3, -0.25) is 5.32 Å². The number of aliphatic hydroxyl groups excluding tert-OH is 2. The molecule has 1 aliphatic heterocycles. The fourth-order valence-electron chi connectivity index (χ4n) is 1.55. The van der Waals surface area contributed by atoms with Crippen molar-refractivity contribution in [2.45, 2.75) is 37.6 Å². The molecule has 1 aliphatic rings. The Morgan fingerprint density at radius 3 is 2.53 bits per heavy atom. The smallest absolute Gasteiger partial charge is 0.186 e. The number of nitrogens with one attached hydrogen (secondary N) is 1. The third-order valence-corrected chi connectivity index (χ3v) is 2.44. The standard InChI is InChI=1S/C9H19NO5/c1-5-6(11)7(12)8(14-4-10-2)9(13-3)15-5/h5-12H,4H2,1-3H3. The molecule has 1 rings (SSSR count). The van der Waals surface area contributed by atoms with Crippen molar-refractivity contribution in [2.24, 2.45) is 0 Å². The van der Waals surface area contributed by atoms with Crippen LogP contribution in [0.25, 0.3) is 0 Å². The molecular formula is C9H19NO5. The summed E-state index contributed by atoms with van der Waals surface area (Å²) in [5.41, 5.74) is 0.